The minimum atomic E-state index is -0.330. The number of carbonyl (C=O) groups excluding carboxylic acids is 1. The van der Waals surface area contributed by atoms with E-state index in [1.807, 2.05) is 31.2 Å². The molecule has 1 aliphatic heterocycles. The number of amides is 1. The van der Waals surface area contributed by atoms with Crippen LogP contribution in [0.2, 0.25) is 0 Å². The topological polar surface area (TPSA) is 67.8 Å². The minimum absolute atomic E-state index is 0.0331. The number of phenolic OH excluding ortho intramolecular Hbond substituents is 1. The highest BCUT2D eigenvalue weighted by molar-refractivity contribution is 5.97. The maximum absolute atomic E-state index is 12.1. The fraction of sp³-hybridized carbons (Fsp3) is 0.235. The second-order valence-corrected chi connectivity index (χ2v) is 5.23. The van der Waals surface area contributed by atoms with Crippen molar-refractivity contribution in [1.29, 1.82) is 0 Å². The lowest BCUT2D eigenvalue weighted by Crippen LogP contribution is -2.40. The van der Waals surface area contributed by atoms with Crippen LogP contribution in [-0.4, -0.2) is 30.3 Å². The van der Waals surface area contributed by atoms with Crippen LogP contribution < -0.4 is 14.8 Å². The van der Waals surface area contributed by atoms with Crippen molar-refractivity contribution in [2.45, 2.75) is 13.0 Å². The largest absolute Gasteiger partial charge is 0.507 e. The van der Waals surface area contributed by atoms with Crippen LogP contribution in [0.15, 0.2) is 42.5 Å². The summed E-state index contributed by atoms with van der Waals surface area (Å²) in [7, 11) is 0. The quantitative estimate of drug-likeness (QED) is 0.912. The van der Waals surface area contributed by atoms with E-state index >= 15 is 0 Å². The number of ether oxygens (including phenoxy) is 2. The van der Waals surface area contributed by atoms with Crippen molar-refractivity contribution < 1.29 is 19.4 Å². The summed E-state index contributed by atoms with van der Waals surface area (Å²) in [4.78, 5) is 12.1. The molecule has 2 aromatic carbocycles. The first kappa shape index (κ1) is 14.3. The van der Waals surface area contributed by atoms with Crippen LogP contribution in [0.4, 0.5) is 0 Å². The number of aryl methyl sites for hydroxylation is 1. The molecular formula is C17H17NO4. The van der Waals surface area contributed by atoms with Gasteiger partial charge in [0.25, 0.3) is 5.91 Å². The number of carbonyl (C=O) groups is 1. The molecule has 5 nitrogen and oxygen atoms in total. The highest BCUT2D eigenvalue weighted by Crippen LogP contribution is 2.30. The van der Waals surface area contributed by atoms with E-state index in [-0.39, 0.29) is 23.3 Å². The highest BCUT2D eigenvalue weighted by atomic mass is 16.6. The molecule has 0 bridgehead atoms. The molecule has 22 heavy (non-hydrogen) atoms. The summed E-state index contributed by atoms with van der Waals surface area (Å²) in [6.45, 7) is 2.54. The molecule has 3 rings (SSSR count). The van der Waals surface area contributed by atoms with E-state index in [2.05, 4.69) is 5.32 Å². The van der Waals surface area contributed by atoms with Gasteiger partial charge in [-0.1, -0.05) is 23.8 Å². The smallest absolute Gasteiger partial charge is 0.255 e. The molecule has 0 saturated heterocycles. The van der Waals surface area contributed by atoms with Gasteiger partial charge >= 0.3 is 0 Å². The molecule has 0 radical (unpaired) electrons. The fourth-order valence-corrected chi connectivity index (χ4v) is 2.30. The molecule has 1 aliphatic rings. The molecule has 0 saturated carbocycles. The summed E-state index contributed by atoms with van der Waals surface area (Å²) in [5.41, 5.74) is 1.17. The van der Waals surface area contributed by atoms with Gasteiger partial charge in [0.2, 0.25) is 0 Å². The number of para-hydroxylation sites is 2. The second-order valence-electron chi connectivity index (χ2n) is 5.23. The molecule has 1 heterocycles. The lowest BCUT2D eigenvalue weighted by atomic mass is 10.1. The SMILES string of the molecule is Cc1ccc(O)c(C(=O)NCC2COc3ccccc3O2)c1. The Morgan fingerprint density at radius 3 is 2.86 bits per heavy atom. The van der Waals surface area contributed by atoms with E-state index in [0.717, 1.165) is 5.56 Å². The van der Waals surface area contributed by atoms with Gasteiger partial charge in [-0.05, 0) is 31.2 Å². The van der Waals surface area contributed by atoms with Gasteiger partial charge < -0.3 is 19.9 Å². The maximum atomic E-state index is 12.1. The molecule has 0 aromatic heterocycles. The van der Waals surface area contributed by atoms with Crippen LogP contribution in [-0.2, 0) is 0 Å². The van der Waals surface area contributed by atoms with E-state index in [4.69, 9.17) is 9.47 Å². The zero-order valence-corrected chi connectivity index (χ0v) is 12.2. The molecule has 1 atom stereocenters. The van der Waals surface area contributed by atoms with Crippen LogP contribution in [0.25, 0.3) is 0 Å². The molecule has 1 amide bonds. The van der Waals surface area contributed by atoms with Gasteiger partial charge in [-0.3, -0.25) is 4.79 Å². The first-order chi connectivity index (χ1) is 10.6. The summed E-state index contributed by atoms with van der Waals surface area (Å²) < 4.78 is 11.4. The summed E-state index contributed by atoms with van der Waals surface area (Å²) in [6.07, 6.45) is -0.259. The lowest BCUT2D eigenvalue weighted by molar-refractivity contribution is 0.0787. The Kier molecular flexibility index (Phi) is 3.87. The van der Waals surface area contributed by atoms with E-state index in [9.17, 15) is 9.90 Å². The van der Waals surface area contributed by atoms with Crippen LogP contribution in [0.3, 0.4) is 0 Å². The van der Waals surface area contributed by atoms with E-state index < -0.39 is 0 Å². The number of hydrogen-bond acceptors (Lipinski definition) is 4. The molecule has 2 aromatic rings. The molecule has 5 heteroatoms. The normalized spacial score (nSPS) is 16.1. The average Bonchev–Trinajstić information content (AvgIpc) is 2.54. The molecule has 0 aliphatic carbocycles. The van der Waals surface area contributed by atoms with Gasteiger partial charge in [-0.2, -0.15) is 0 Å². The molecule has 114 valence electrons. The van der Waals surface area contributed by atoms with Crippen molar-refractivity contribution in [2.75, 3.05) is 13.2 Å². The Hall–Kier alpha value is -2.69. The molecular weight excluding hydrogens is 282 g/mol. The van der Waals surface area contributed by atoms with Crippen LogP contribution in [0.1, 0.15) is 15.9 Å². The van der Waals surface area contributed by atoms with E-state index in [0.29, 0.717) is 24.7 Å². The number of benzene rings is 2. The zero-order valence-electron chi connectivity index (χ0n) is 12.2. The van der Waals surface area contributed by atoms with Crippen LogP contribution in [0.5, 0.6) is 17.2 Å². The maximum Gasteiger partial charge on any atom is 0.255 e. The number of rotatable bonds is 3. The zero-order chi connectivity index (χ0) is 15.5. The fourth-order valence-electron chi connectivity index (χ4n) is 2.30. The third kappa shape index (κ3) is 2.98. The Balaban J connectivity index is 1.61. The van der Waals surface area contributed by atoms with E-state index in [1.54, 1.807) is 12.1 Å². The van der Waals surface area contributed by atoms with Crippen molar-refractivity contribution >= 4 is 5.91 Å². The van der Waals surface area contributed by atoms with Gasteiger partial charge in [0.15, 0.2) is 11.5 Å². The average molecular weight is 299 g/mol. The minimum Gasteiger partial charge on any atom is -0.507 e. The number of hydrogen-bond donors (Lipinski definition) is 2. The Morgan fingerprint density at radius 1 is 1.27 bits per heavy atom. The summed E-state index contributed by atoms with van der Waals surface area (Å²) in [6, 6.07) is 12.3. The van der Waals surface area contributed by atoms with Crippen molar-refractivity contribution in [3.8, 4) is 17.2 Å². The second kappa shape index (κ2) is 5.97. The predicted octanol–water partition coefficient (Wildman–Crippen LogP) is 2.27. The predicted molar refractivity (Wildman–Crippen MR) is 81.5 cm³/mol. The van der Waals surface area contributed by atoms with Gasteiger partial charge in [0.1, 0.15) is 18.5 Å². The number of fused-ring (bicyclic) bond motifs is 1. The third-order valence-electron chi connectivity index (χ3n) is 3.45. The molecule has 0 fully saturated rings. The first-order valence-electron chi connectivity index (χ1n) is 7.10. The summed E-state index contributed by atoms with van der Waals surface area (Å²) in [5, 5.41) is 12.5. The lowest BCUT2D eigenvalue weighted by Gasteiger charge is -2.26. The molecule has 0 spiro atoms. The van der Waals surface area contributed by atoms with E-state index in [1.165, 1.54) is 6.07 Å². The first-order valence-corrected chi connectivity index (χ1v) is 7.10. The number of phenols is 1. The monoisotopic (exact) mass is 299 g/mol. The summed E-state index contributed by atoms with van der Waals surface area (Å²) >= 11 is 0. The number of nitrogens with one attached hydrogen (secondary N) is 1. The van der Waals surface area contributed by atoms with Gasteiger partial charge in [-0.25, -0.2) is 0 Å². The molecule has 1 unspecified atom stereocenters. The third-order valence-corrected chi connectivity index (χ3v) is 3.45. The Morgan fingerprint density at radius 2 is 2.05 bits per heavy atom. The summed E-state index contributed by atoms with van der Waals surface area (Å²) in [5.74, 6) is 1.02. The van der Waals surface area contributed by atoms with Crippen molar-refractivity contribution in [3.63, 3.8) is 0 Å². The van der Waals surface area contributed by atoms with Crippen molar-refractivity contribution in [1.82, 2.24) is 5.32 Å². The molecule has 2 N–H and O–H groups in total. The highest BCUT2D eigenvalue weighted by Gasteiger charge is 2.21. The Bertz CT molecular complexity index is 699. The standard InChI is InChI=1S/C17H17NO4/c1-11-6-7-14(19)13(8-11)17(20)18-9-12-10-21-15-4-2-3-5-16(15)22-12/h2-8,12,19H,9-10H2,1H3,(H,18,20). The van der Waals surface area contributed by atoms with Crippen molar-refractivity contribution in [2.24, 2.45) is 0 Å². The Labute approximate surface area is 128 Å². The van der Waals surface area contributed by atoms with Gasteiger partial charge in [-0.15, -0.1) is 0 Å². The number of aromatic hydroxyl groups is 1. The van der Waals surface area contributed by atoms with Crippen molar-refractivity contribution in [3.05, 3.63) is 53.6 Å². The van der Waals surface area contributed by atoms with Crippen LogP contribution >= 0.6 is 0 Å². The van der Waals surface area contributed by atoms with Crippen LogP contribution in [0, 0.1) is 6.92 Å². The van der Waals surface area contributed by atoms with Gasteiger partial charge in [0.05, 0.1) is 12.1 Å². The van der Waals surface area contributed by atoms with Gasteiger partial charge in [0, 0.05) is 0 Å².